The van der Waals surface area contributed by atoms with Gasteiger partial charge < -0.3 is 30.4 Å². The third kappa shape index (κ3) is 10.5. The van der Waals surface area contributed by atoms with E-state index in [0.29, 0.717) is 75.6 Å². The average Bonchev–Trinajstić information content (AvgIpc) is 2.91. The van der Waals surface area contributed by atoms with Gasteiger partial charge in [0.15, 0.2) is 21.3 Å². The molecule has 5 atom stereocenters. The number of sulfone groups is 1. The molecule has 0 aliphatic carbocycles. The predicted octanol–water partition coefficient (Wildman–Crippen LogP) is 2.05. The molecule has 0 radical (unpaired) electrons. The maximum atomic E-state index is 13.4. The van der Waals surface area contributed by atoms with Gasteiger partial charge in [-0.2, -0.15) is 0 Å². The molecule has 1 amide bonds. The molecule has 1 saturated heterocycles. The van der Waals surface area contributed by atoms with Gasteiger partial charge in [-0.1, -0.05) is 33.8 Å². The van der Waals surface area contributed by atoms with Crippen molar-refractivity contribution in [2.24, 2.45) is 23.5 Å². The van der Waals surface area contributed by atoms with E-state index in [1.54, 1.807) is 27.2 Å². The Balaban J connectivity index is 2.22. The smallest absolute Gasteiger partial charge is 0.223 e. The number of nitrogens with two attached hydrogens (primary N) is 1. The number of carbonyl (C=O) groups excluding carboxylic acids is 1. The van der Waals surface area contributed by atoms with Crippen LogP contribution in [0.4, 0.5) is 0 Å². The Bertz CT molecular complexity index is 1010. The number of hydrogen-bond acceptors (Lipinski definition) is 9. The topological polar surface area (TPSA) is 140 Å². The number of aliphatic hydroxyl groups excluding tert-OH is 1. The fourth-order valence-electron chi connectivity index (χ4n) is 4.92. The Morgan fingerprint density at radius 3 is 2.38 bits per heavy atom. The van der Waals surface area contributed by atoms with E-state index in [1.165, 1.54) is 0 Å². The van der Waals surface area contributed by atoms with Crippen LogP contribution < -0.4 is 20.5 Å². The van der Waals surface area contributed by atoms with Crippen LogP contribution in [0, 0.1) is 17.8 Å². The van der Waals surface area contributed by atoms with E-state index in [4.69, 9.17) is 19.9 Å². The van der Waals surface area contributed by atoms with Crippen LogP contribution in [0.2, 0.25) is 0 Å². The highest BCUT2D eigenvalue weighted by molar-refractivity contribution is 7.91. The molecule has 1 aliphatic rings. The maximum absolute atomic E-state index is 13.4. The lowest BCUT2D eigenvalue weighted by atomic mass is 9.77. The standard InChI is InChI=1S/C29H51N3O7S/c1-20(2)21(3)18-24(30)28(33)27(23-8-9-25(38-6)26(19-23)39-15-7-14-37-5)22(4)29(34)31-10-11-32-12-16-40(35,36)17-13-32/h8-9,19-22,24,27-28,33H,7,10-18,30H2,1-6H3,(H,31,34). The summed E-state index contributed by atoms with van der Waals surface area (Å²) in [5.41, 5.74) is 7.29. The quantitative estimate of drug-likeness (QED) is 0.234. The zero-order valence-electron chi connectivity index (χ0n) is 25.1. The molecule has 1 heterocycles. The minimum absolute atomic E-state index is 0.144. The van der Waals surface area contributed by atoms with Crippen LogP contribution in [0.3, 0.4) is 0 Å². The molecule has 1 aromatic rings. The molecule has 0 spiro atoms. The summed E-state index contributed by atoms with van der Waals surface area (Å²) in [5, 5.41) is 14.6. The first-order chi connectivity index (χ1) is 18.9. The normalized spacial score (nSPS) is 19.4. The largest absolute Gasteiger partial charge is 0.493 e. The van der Waals surface area contributed by atoms with Crippen LogP contribution in [0.1, 0.15) is 52.0 Å². The van der Waals surface area contributed by atoms with Crippen LogP contribution in [0.5, 0.6) is 11.5 Å². The molecule has 40 heavy (non-hydrogen) atoms. The van der Waals surface area contributed by atoms with Gasteiger partial charge in [0.2, 0.25) is 5.91 Å². The minimum Gasteiger partial charge on any atom is -0.493 e. The van der Waals surface area contributed by atoms with E-state index in [9.17, 15) is 18.3 Å². The van der Waals surface area contributed by atoms with Crippen molar-refractivity contribution in [3.05, 3.63) is 23.8 Å². The molecule has 1 fully saturated rings. The molecular formula is C29H51N3O7S. The van der Waals surface area contributed by atoms with Gasteiger partial charge >= 0.3 is 0 Å². The van der Waals surface area contributed by atoms with Crippen LogP contribution in [-0.2, 0) is 19.4 Å². The summed E-state index contributed by atoms with van der Waals surface area (Å²) in [7, 11) is 0.253. The summed E-state index contributed by atoms with van der Waals surface area (Å²) in [6.45, 7) is 11.1. The average molecular weight is 586 g/mol. The molecule has 11 heteroatoms. The number of benzene rings is 1. The summed E-state index contributed by atoms with van der Waals surface area (Å²) in [4.78, 5) is 15.4. The summed E-state index contributed by atoms with van der Waals surface area (Å²) >= 11 is 0. The van der Waals surface area contributed by atoms with E-state index in [-0.39, 0.29) is 17.4 Å². The maximum Gasteiger partial charge on any atom is 0.223 e. The zero-order valence-corrected chi connectivity index (χ0v) is 25.9. The molecule has 2 rings (SSSR count). The second kappa shape index (κ2) is 16.5. The summed E-state index contributed by atoms with van der Waals surface area (Å²) < 4.78 is 40.0. The van der Waals surface area contributed by atoms with Crippen molar-refractivity contribution in [1.82, 2.24) is 10.2 Å². The van der Waals surface area contributed by atoms with Crippen LogP contribution in [0.25, 0.3) is 0 Å². The van der Waals surface area contributed by atoms with Crippen LogP contribution in [-0.4, -0.2) is 102 Å². The number of carbonyl (C=O) groups is 1. The number of aliphatic hydroxyl groups is 1. The van der Waals surface area contributed by atoms with Crippen LogP contribution >= 0.6 is 0 Å². The number of hydrogen-bond donors (Lipinski definition) is 3. The lowest BCUT2D eigenvalue weighted by molar-refractivity contribution is -0.126. The predicted molar refractivity (Wildman–Crippen MR) is 158 cm³/mol. The van der Waals surface area contributed by atoms with Gasteiger partial charge in [0, 0.05) is 64.2 Å². The Kier molecular flexibility index (Phi) is 14.1. The lowest BCUT2D eigenvalue weighted by Gasteiger charge is -2.34. The van der Waals surface area contributed by atoms with Gasteiger partial charge in [0.25, 0.3) is 0 Å². The second-order valence-corrected chi connectivity index (χ2v) is 13.6. The molecular weight excluding hydrogens is 534 g/mol. The van der Waals surface area contributed by atoms with Crippen molar-refractivity contribution in [3.63, 3.8) is 0 Å². The van der Waals surface area contributed by atoms with Gasteiger partial charge in [-0.3, -0.25) is 9.69 Å². The van der Waals surface area contributed by atoms with Crippen molar-refractivity contribution >= 4 is 15.7 Å². The first kappa shape index (κ1) is 34.3. The number of methoxy groups -OCH3 is 2. The number of rotatable bonds is 17. The van der Waals surface area contributed by atoms with E-state index in [0.717, 1.165) is 5.56 Å². The molecule has 230 valence electrons. The van der Waals surface area contributed by atoms with Crippen molar-refractivity contribution in [3.8, 4) is 11.5 Å². The van der Waals surface area contributed by atoms with Gasteiger partial charge in [0.1, 0.15) is 0 Å². The molecule has 1 aromatic carbocycles. The SMILES string of the molecule is COCCCOc1cc(C(C(C)C(=O)NCCN2CCS(=O)(=O)CC2)C(O)C(N)CC(C)C(C)C)ccc1OC. The zero-order chi connectivity index (χ0) is 29.9. The summed E-state index contributed by atoms with van der Waals surface area (Å²) in [5.74, 6) is 0.730. The number of nitrogens with zero attached hydrogens (tertiary/aromatic N) is 1. The monoisotopic (exact) mass is 585 g/mol. The Hall–Kier alpha value is -1.92. The minimum atomic E-state index is -2.96. The molecule has 0 aromatic heterocycles. The number of amides is 1. The Morgan fingerprint density at radius 2 is 1.77 bits per heavy atom. The van der Waals surface area contributed by atoms with Gasteiger partial charge in [-0.25, -0.2) is 8.42 Å². The molecule has 1 aliphatic heterocycles. The highest BCUT2D eigenvalue weighted by atomic mass is 32.2. The second-order valence-electron chi connectivity index (χ2n) is 11.3. The fourth-order valence-corrected chi connectivity index (χ4v) is 6.20. The fraction of sp³-hybridized carbons (Fsp3) is 0.759. The Morgan fingerprint density at radius 1 is 1.10 bits per heavy atom. The molecule has 0 bridgehead atoms. The third-order valence-corrected chi connectivity index (χ3v) is 9.64. The van der Waals surface area contributed by atoms with E-state index in [1.807, 2.05) is 17.0 Å². The molecule has 5 unspecified atom stereocenters. The third-order valence-electron chi connectivity index (χ3n) is 8.03. The van der Waals surface area contributed by atoms with Gasteiger partial charge in [-0.15, -0.1) is 0 Å². The summed E-state index contributed by atoms with van der Waals surface area (Å²) in [6.07, 6.45) is 0.359. The van der Waals surface area contributed by atoms with Crippen LogP contribution in [0.15, 0.2) is 18.2 Å². The number of nitrogens with one attached hydrogen (secondary N) is 1. The molecule has 4 N–H and O–H groups in total. The van der Waals surface area contributed by atoms with Gasteiger partial charge in [0.05, 0.1) is 31.3 Å². The first-order valence-corrected chi connectivity index (χ1v) is 16.2. The Labute approximate surface area is 240 Å². The van der Waals surface area contributed by atoms with Crippen molar-refractivity contribution in [2.75, 3.05) is 65.1 Å². The highest BCUT2D eigenvalue weighted by Gasteiger charge is 2.36. The molecule has 10 nitrogen and oxygen atoms in total. The number of ether oxygens (including phenoxy) is 3. The highest BCUT2D eigenvalue weighted by Crippen LogP contribution is 2.37. The lowest BCUT2D eigenvalue weighted by Crippen LogP contribution is -2.47. The summed E-state index contributed by atoms with van der Waals surface area (Å²) in [6, 6.07) is 4.94. The van der Waals surface area contributed by atoms with Crippen molar-refractivity contribution < 1.29 is 32.5 Å². The van der Waals surface area contributed by atoms with Crippen molar-refractivity contribution in [1.29, 1.82) is 0 Å². The van der Waals surface area contributed by atoms with Gasteiger partial charge in [-0.05, 0) is 36.0 Å². The first-order valence-electron chi connectivity index (χ1n) is 14.3. The van der Waals surface area contributed by atoms with Crippen molar-refractivity contribution in [2.45, 2.75) is 58.6 Å². The van der Waals surface area contributed by atoms with E-state index < -0.39 is 33.8 Å². The molecule has 0 saturated carbocycles. The van der Waals surface area contributed by atoms with E-state index in [2.05, 4.69) is 26.1 Å². The van der Waals surface area contributed by atoms with E-state index >= 15 is 0 Å².